The zero-order valence-corrected chi connectivity index (χ0v) is 11.3. The number of hydrogen-bond acceptors (Lipinski definition) is 2. The summed E-state index contributed by atoms with van der Waals surface area (Å²) in [4.78, 5) is 0. The first kappa shape index (κ1) is 14.9. The average molecular weight is 214 g/mol. The van der Waals surface area contributed by atoms with Crippen LogP contribution in [-0.2, 0) is 0 Å². The van der Waals surface area contributed by atoms with Gasteiger partial charge in [0.25, 0.3) is 0 Å². The van der Waals surface area contributed by atoms with Crippen molar-refractivity contribution in [1.29, 1.82) is 0 Å². The lowest BCUT2D eigenvalue weighted by molar-refractivity contribution is 0.419. The van der Waals surface area contributed by atoms with Gasteiger partial charge in [-0.15, -0.1) is 0 Å². The molecule has 0 saturated heterocycles. The Morgan fingerprint density at radius 2 is 1.60 bits per heavy atom. The SMILES string of the molecule is CC(C)CCCCNCCNC(C)(C)C. The van der Waals surface area contributed by atoms with Gasteiger partial charge in [0.2, 0.25) is 0 Å². The van der Waals surface area contributed by atoms with Crippen molar-refractivity contribution < 1.29 is 0 Å². The fourth-order valence-corrected chi connectivity index (χ4v) is 1.45. The van der Waals surface area contributed by atoms with Crippen molar-refractivity contribution in [2.24, 2.45) is 5.92 Å². The van der Waals surface area contributed by atoms with Crippen LogP contribution in [0.25, 0.3) is 0 Å². The Kier molecular flexibility index (Phi) is 8.07. The van der Waals surface area contributed by atoms with E-state index in [1.165, 1.54) is 25.8 Å². The van der Waals surface area contributed by atoms with Gasteiger partial charge in [0, 0.05) is 18.6 Å². The van der Waals surface area contributed by atoms with Gasteiger partial charge in [-0.25, -0.2) is 0 Å². The zero-order chi connectivity index (χ0) is 11.7. The van der Waals surface area contributed by atoms with E-state index in [-0.39, 0.29) is 5.54 Å². The molecule has 0 unspecified atom stereocenters. The minimum atomic E-state index is 0.249. The van der Waals surface area contributed by atoms with Crippen molar-refractivity contribution in [2.75, 3.05) is 19.6 Å². The van der Waals surface area contributed by atoms with Crippen LogP contribution in [0.1, 0.15) is 53.9 Å². The molecule has 2 heteroatoms. The third-order valence-corrected chi connectivity index (χ3v) is 2.34. The maximum Gasteiger partial charge on any atom is 0.00970 e. The molecule has 92 valence electrons. The van der Waals surface area contributed by atoms with Gasteiger partial charge in [-0.3, -0.25) is 0 Å². The molecule has 0 radical (unpaired) electrons. The normalized spacial score (nSPS) is 12.4. The summed E-state index contributed by atoms with van der Waals surface area (Å²) in [7, 11) is 0. The lowest BCUT2D eigenvalue weighted by atomic mass is 10.1. The van der Waals surface area contributed by atoms with Crippen LogP contribution in [0.3, 0.4) is 0 Å². The van der Waals surface area contributed by atoms with E-state index in [1.54, 1.807) is 0 Å². The second kappa shape index (κ2) is 8.12. The van der Waals surface area contributed by atoms with Crippen LogP contribution in [0.15, 0.2) is 0 Å². The lowest BCUT2D eigenvalue weighted by Gasteiger charge is -2.20. The first-order chi connectivity index (χ1) is 6.92. The summed E-state index contributed by atoms with van der Waals surface area (Å²) in [5.74, 6) is 0.854. The highest BCUT2D eigenvalue weighted by molar-refractivity contribution is 4.70. The Bertz CT molecular complexity index is 136. The Morgan fingerprint density at radius 1 is 0.933 bits per heavy atom. The summed E-state index contributed by atoms with van der Waals surface area (Å²) in [5, 5.41) is 6.94. The number of unbranched alkanes of at least 4 members (excludes halogenated alkanes) is 1. The number of nitrogens with one attached hydrogen (secondary N) is 2. The smallest absolute Gasteiger partial charge is 0.00970 e. The third-order valence-electron chi connectivity index (χ3n) is 2.34. The first-order valence-corrected chi connectivity index (χ1v) is 6.37. The van der Waals surface area contributed by atoms with Crippen molar-refractivity contribution in [3.05, 3.63) is 0 Å². The van der Waals surface area contributed by atoms with Crippen LogP contribution < -0.4 is 10.6 Å². The van der Waals surface area contributed by atoms with Crippen LogP contribution >= 0.6 is 0 Å². The molecule has 15 heavy (non-hydrogen) atoms. The van der Waals surface area contributed by atoms with E-state index in [4.69, 9.17) is 0 Å². The van der Waals surface area contributed by atoms with Crippen LogP contribution in [0.2, 0.25) is 0 Å². The van der Waals surface area contributed by atoms with E-state index in [0.717, 1.165) is 19.0 Å². The molecule has 0 aromatic heterocycles. The summed E-state index contributed by atoms with van der Waals surface area (Å²) in [5.41, 5.74) is 0.249. The molecule has 0 aliphatic carbocycles. The lowest BCUT2D eigenvalue weighted by Crippen LogP contribution is -2.40. The molecule has 0 fully saturated rings. The highest BCUT2D eigenvalue weighted by atomic mass is 15.0. The molecule has 2 nitrogen and oxygen atoms in total. The molecule has 0 aliphatic rings. The van der Waals surface area contributed by atoms with E-state index < -0.39 is 0 Å². The standard InChI is InChI=1S/C13H30N2/c1-12(2)8-6-7-9-14-10-11-15-13(3,4)5/h12,14-15H,6-11H2,1-5H3. The minimum absolute atomic E-state index is 0.249. The van der Waals surface area contributed by atoms with Gasteiger partial charge in [-0.05, 0) is 39.7 Å². The summed E-state index contributed by atoms with van der Waals surface area (Å²) in [6, 6.07) is 0. The van der Waals surface area contributed by atoms with Crippen LogP contribution in [0.4, 0.5) is 0 Å². The first-order valence-electron chi connectivity index (χ1n) is 6.37. The number of rotatable bonds is 8. The van der Waals surface area contributed by atoms with Crippen LogP contribution in [0.5, 0.6) is 0 Å². The second-order valence-corrected chi connectivity index (χ2v) is 5.82. The fraction of sp³-hybridized carbons (Fsp3) is 1.00. The van der Waals surface area contributed by atoms with Crippen molar-refractivity contribution in [3.8, 4) is 0 Å². The molecule has 0 aliphatic heterocycles. The molecule has 0 spiro atoms. The van der Waals surface area contributed by atoms with Gasteiger partial charge >= 0.3 is 0 Å². The Hall–Kier alpha value is -0.0800. The number of hydrogen-bond donors (Lipinski definition) is 2. The quantitative estimate of drug-likeness (QED) is 0.607. The molecular formula is C13H30N2. The van der Waals surface area contributed by atoms with Crippen molar-refractivity contribution in [3.63, 3.8) is 0 Å². The molecule has 0 bridgehead atoms. The predicted molar refractivity (Wildman–Crippen MR) is 69.3 cm³/mol. The van der Waals surface area contributed by atoms with E-state index in [1.807, 2.05) is 0 Å². The molecule has 0 aromatic rings. The van der Waals surface area contributed by atoms with E-state index >= 15 is 0 Å². The van der Waals surface area contributed by atoms with E-state index in [9.17, 15) is 0 Å². The van der Waals surface area contributed by atoms with E-state index in [0.29, 0.717) is 0 Å². The molecule has 2 N–H and O–H groups in total. The van der Waals surface area contributed by atoms with E-state index in [2.05, 4.69) is 45.3 Å². The minimum Gasteiger partial charge on any atom is -0.315 e. The Morgan fingerprint density at radius 3 is 2.13 bits per heavy atom. The Balaban J connectivity index is 3.06. The van der Waals surface area contributed by atoms with Crippen LogP contribution in [0, 0.1) is 5.92 Å². The fourth-order valence-electron chi connectivity index (χ4n) is 1.45. The van der Waals surface area contributed by atoms with Gasteiger partial charge in [-0.1, -0.05) is 26.7 Å². The Labute approximate surface area is 96.2 Å². The largest absolute Gasteiger partial charge is 0.315 e. The van der Waals surface area contributed by atoms with Crippen molar-refractivity contribution in [2.45, 2.75) is 59.4 Å². The van der Waals surface area contributed by atoms with Gasteiger partial charge in [-0.2, -0.15) is 0 Å². The maximum atomic E-state index is 3.47. The highest BCUT2D eigenvalue weighted by Gasteiger charge is 2.06. The van der Waals surface area contributed by atoms with Crippen molar-refractivity contribution >= 4 is 0 Å². The second-order valence-electron chi connectivity index (χ2n) is 5.82. The summed E-state index contributed by atoms with van der Waals surface area (Å²) >= 11 is 0. The molecular weight excluding hydrogens is 184 g/mol. The molecule has 0 atom stereocenters. The van der Waals surface area contributed by atoms with Crippen LogP contribution in [-0.4, -0.2) is 25.2 Å². The molecule has 0 amide bonds. The predicted octanol–water partition coefficient (Wildman–Crippen LogP) is 2.79. The molecule has 0 saturated carbocycles. The van der Waals surface area contributed by atoms with Gasteiger partial charge in [0.05, 0.1) is 0 Å². The summed E-state index contributed by atoms with van der Waals surface area (Å²) in [6.45, 7) is 14.5. The highest BCUT2D eigenvalue weighted by Crippen LogP contribution is 2.04. The van der Waals surface area contributed by atoms with Gasteiger partial charge < -0.3 is 10.6 Å². The monoisotopic (exact) mass is 214 g/mol. The molecule has 0 rings (SSSR count). The molecule has 0 heterocycles. The summed E-state index contributed by atoms with van der Waals surface area (Å²) < 4.78 is 0. The topological polar surface area (TPSA) is 24.1 Å². The molecule has 0 aromatic carbocycles. The van der Waals surface area contributed by atoms with Gasteiger partial charge in [0.15, 0.2) is 0 Å². The van der Waals surface area contributed by atoms with Gasteiger partial charge in [0.1, 0.15) is 0 Å². The maximum absolute atomic E-state index is 3.47. The summed E-state index contributed by atoms with van der Waals surface area (Å²) in [6.07, 6.45) is 4.03. The average Bonchev–Trinajstić information content (AvgIpc) is 2.07. The van der Waals surface area contributed by atoms with Crippen molar-refractivity contribution in [1.82, 2.24) is 10.6 Å². The zero-order valence-electron chi connectivity index (χ0n) is 11.3. The third kappa shape index (κ3) is 13.9.